The second-order valence-electron chi connectivity index (χ2n) is 4.28. The van der Waals surface area contributed by atoms with Crippen molar-refractivity contribution in [2.24, 2.45) is 5.92 Å². The lowest BCUT2D eigenvalue weighted by molar-refractivity contribution is -0.140. The van der Waals surface area contributed by atoms with Crippen molar-refractivity contribution in [2.75, 3.05) is 0 Å². The summed E-state index contributed by atoms with van der Waals surface area (Å²) < 4.78 is 13.3. The summed E-state index contributed by atoms with van der Waals surface area (Å²) in [6.45, 7) is 3.28. The summed E-state index contributed by atoms with van der Waals surface area (Å²) in [6, 6.07) is 0.889. The Morgan fingerprint density at radius 2 is 1.84 bits per heavy atom. The maximum atomic E-state index is 13.3. The van der Waals surface area contributed by atoms with Gasteiger partial charge in [-0.15, -0.1) is 0 Å². The fourth-order valence-corrected chi connectivity index (χ4v) is 1.90. The molecule has 4 nitrogen and oxygen atoms in total. The second kappa shape index (κ2) is 6.21. The molecule has 1 amide bonds. The van der Waals surface area contributed by atoms with Crippen molar-refractivity contribution in [3.63, 3.8) is 0 Å². The first-order valence-corrected chi connectivity index (χ1v) is 6.17. The third-order valence-electron chi connectivity index (χ3n) is 2.47. The summed E-state index contributed by atoms with van der Waals surface area (Å²) in [7, 11) is 0. The zero-order valence-corrected chi connectivity index (χ0v) is 11.7. The van der Waals surface area contributed by atoms with E-state index < -0.39 is 23.7 Å². The fourth-order valence-electron chi connectivity index (χ4n) is 1.43. The van der Waals surface area contributed by atoms with Gasteiger partial charge in [0.1, 0.15) is 11.9 Å². The maximum Gasteiger partial charge on any atom is 0.326 e. The molecule has 0 saturated carbocycles. The number of rotatable bonds is 4. The number of amides is 1. The Morgan fingerprint density at radius 1 is 1.26 bits per heavy atom. The number of carboxylic acid groups (broad SMARTS) is 1. The molecule has 0 aliphatic heterocycles. The molecule has 0 spiro atoms. The van der Waals surface area contributed by atoms with Gasteiger partial charge in [0.25, 0.3) is 5.91 Å². The lowest BCUT2D eigenvalue weighted by atomic mass is 10.0. The van der Waals surface area contributed by atoms with Gasteiger partial charge in [0.15, 0.2) is 0 Å². The summed E-state index contributed by atoms with van der Waals surface area (Å²) >= 11 is 11.3. The van der Waals surface area contributed by atoms with Gasteiger partial charge in [0, 0.05) is 0 Å². The van der Waals surface area contributed by atoms with E-state index in [0.717, 1.165) is 12.1 Å². The smallest absolute Gasteiger partial charge is 0.326 e. The molecule has 0 heterocycles. The molecule has 1 atom stereocenters. The van der Waals surface area contributed by atoms with Crippen molar-refractivity contribution in [1.29, 1.82) is 0 Å². The quantitative estimate of drug-likeness (QED) is 0.840. The Labute approximate surface area is 119 Å². The SMILES string of the molecule is CC(C)[C@@H](NC(=O)c1cc(F)c(Cl)cc1Cl)C(=O)O. The van der Waals surface area contributed by atoms with E-state index in [2.05, 4.69) is 5.32 Å². The predicted molar refractivity (Wildman–Crippen MR) is 70.1 cm³/mol. The van der Waals surface area contributed by atoms with E-state index >= 15 is 0 Å². The van der Waals surface area contributed by atoms with Crippen LogP contribution in [0.2, 0.25) is 10.0 Å². The topological polar surface area (TPSA) is 66.4 Å². The number of halogens is 3. The highest BCUT2D eigenvalue weighted by molar-refractivity contribution is 6.36. The third-order valence-corrected chi connectivity index (χ3v) is 3.08. The van der Waals surface area contributed by atoms with E-state index in [1.807, 2.05) is 0 Å². The minimum atomic E-state index is -1.17. The molecule has 0 fully saturated rings. The lowest BCUT2D eigenvalue weighted by Gasteiger charge is -2.18. The molecule has 0 radical (unpaired) electrons. The van der Waals surface area contributed by atoms with Gasteiger partial charge in [-0.1, -0.05) is 37.0 Å². The van der Waals surface area contributed by atoms with Crippen LogP contribution >= 0.6 is 23.2 Å². The zero-order chi connectivity index (χ0) is 14.7. The van der Waals surface area contributed by atoms with Gasteiger partial charge >= 0.3 is 5.97 Å². The summed E-state index contributed by atoms with van der Waals surface area (Å²) in [5, 5.41) is 11.0. The molecule has 0 unspecified atom stereocenters. The van der Waals surface area contributed by atoms with Crippen LogP contribution in [0, 0.1) is 11.7 Å². The molecule has 0 aliphatic carbocycles. The van der Waals surface area contributed by atoms with Gasteiger partial charge < -0.3 is 10.4 Å². The largest absolute Gasteiger partial charge is 0.480 e. The monoisotopic (exact) mass is 307 g/mol. The Hall–Kier alpha value is -1.33. The summed E-state index contributed by atoms with van der Waals surface area (Å²) in [5.74, 6) is -3.06. The first-order valence-electron chi connectivity index (χ1n) is 5.42. The molecule has 1 aromatic rings. The Balaban J connectivity index is 3.01. The molecule has 7 heteroatoms. The first-order chi connectivity index (χ1) is 8.73. The Morgan fingerprint density at radius 3 is 2.32 bits per heavy atom. The second-order valence-corrected chi connectivity index (χ2v) is 5.09. The summed E-state index contributed by atoms with van der Waals surface area (Å²) in [6.07, 6.45) is 0. The van der Waals surface area contributed by atoms with E-state index in [-0.39, 0.29) is 21.5 Å². The molecule has 2 N–H and O–H groups in total. The zero-order valence-electron chi connectivity index (χ0n) is 10.2. The van der Waals surface area contributed by atoms with E-state index in [0.29, 0.717) is 0 Å². The van der Waals surface area contributed by atoms with Gasteiger partial charge in [-0.3, -0.25) is 4.79 Å². The predicted octanol–water partition coefficient (Wildman–Crippen LogP) is 2.97. The summed E-state index contributed by atoms with van der Waals surface area (Å²) in [5.41, 5.74) is -0.157. The number of hydrogen-bond acceptors (Lipinski definition) is 2. The highest BCUT2D eigenvalue weighted by Crippen LogP contribution is 2.24. The van der Waals surface area contributed by atoms with Crippen LogP contribution in [0.15, 0.2) is 12.1 Å². The number of nitrogens with one attached hydrogen (secondary N) is 1. The molecular formula is C12H12Cl2FNO3. The van der Waals surface area contributed by atoms with Crippen molar-refractivity contribution < 1.29 is 19.1 Å². The maximum absolute atomic E-state index is 13.3. The number of hydrogen-bond donors (Lipinski definition) is 2. The summed E-state index contributed by atoms with van der Waals surface area (Å²) in [4.78, 5) is 22.9. The Kier molecular flexibility index (Phi) is 5.14. The van der Waals surface area contributed by atoms with Crippen molar-refractivity contribution in [3.8, 4) is 0 Å². The molecule has 0 aromatic heterocycles. The lowest BCUT2D eigenvalue weighted by Crippen LogP contribution is -2.44. The number of aliphatic carboxylic acids is 1. The number of carbonyl (C=O) groups is 2. The Bertz CT molecular complexity index is 520. The normalized spacial score (nSPS) is 12.3. The number of carboxylic acids is 1. The van der Waals surface area contributed by atoms with Crippen LogP contribution in [0.3, 0.4) is 0 Å². The molecule has 104 valence electrons. The van der Waals surface area contributed by atoms with Crippen molar-refractivity contribution in [1.82, 2.24) is 5.32 Å². The minimum absolute atomic E-state index is 0.0446. The standard InChI is InChI=1S/C12H12Cl2FNO3/c1-5(2)10(12(18)19)16-11(17)6-3-9(15)8(14)4-7(6)13/h3-5,10H,1-2H3,(H,16,17)(H,18,19)/t10-/m1/s1. The minimum Gasteiger partial charge on any atom is -0.480 e. The fraction of sp³-hybridized carbons (Fsp3) is 0.333. The molecule has 19 heavy (non-hydrogen) atoms. The average molecular weight is 308 g/mol. The van der Waals surface area contributed by atoms with Crippen LogP contribution in [0.4, 0.5) is 4.39 Å². The van der Waals surface area contributed by atoms with Crippen LogP contribution < -0.4 is 5.32 Å². The van der Waals surface area contributed by atoms with Crippen LogP contribution in [0.5, 0.6) is 0 Å². The van der Waals surface area contributed by atoms with Crippen LogP contribution in [-0.4, -0.2) is 23.0 Å². The molecule has 0 bridgehead atoms. The van der Waals surface area contributed by atoms with Crippen molar-refractivity contribution >= 4 is 35.1 Å². The average Bonchev–Trinajstić information content (AvgIpc) is 2.29. The molecule has 1 aromatic carbocycles. The van der Waals surface area contributed by atoms with E-state index in [9.17, 15) is 14.0 Å². The van der Waals surface area contributed by atoms with Crippen molar-refractivity contribution in [3.05, 3.63) is 33.6 Å². The van der Waals surface area contributed by atoms with E-state index in [4.69, 9.17) is 28.3 Å². The van der Waals surface area contributed by atoms with Crippen molar-refractivity contribution in [2.45, 2.75) is 19.9 Å². The highest BCUT2D eigenvalue weighted by atomic mass is 35.5. The van der Waals surface area contributed by atoms with Gasteiger partial charge in [-0.05, 0) is 18.1 Å². The molecule has 0 saturated heterocycles. The van der Waals surface area contributed by atoms with Gasteiger partial charge in [-0.2, -0.15) is 0 Å². The third kappa shape index (κ3) is 3.81. The van der Waals surface area contributed by atoms with Crippen LogP contribution in [0.25, 0.3) is 0 Å². The molecule has 1 rings (SSSR count). The molecular weight excluding hydrogens is 296 g/mol. The van der Waals surface area contributed by atoms with Gasteiger partial charge in [0.2, 0.25) is 0 Å². The number of carbonyl (C=O) groups excluding carboxylic acids is 1. The van der Waals surface area contributed by atoms with Crippen LogP contribution in [-0.2, 0) is 4.79 Å². The van der Waals surface area contributed by atoms with Crippen LogP contribution in [0.1, 0.15) is 24.2 Å². The van der Waals surface area contributed by atoms with Gasteiger partial charge in [0.05, 0.1) is 15.6 Å². The number of benzene rings is 1. The molecule has 0 aliphatic rings. The van der Waals surface area contributed by atoms with E-state index in [1.165, 1.54) is 0 Å². The van der Waals surface area contributed by atoms with Gasteiger partial charge in [-0.25, -0.2) is 9.18 Å². The first kappa shape index (κ1) is 15.7. The highest BCUT2D eigenvalue weighted by Gasteiger charge is 2.25. The van der Waals surface area contributed by atoms with E-state index in [1.54, 1.807) is 13.8 Å².